The van der Waals surface area contributed by atoms with Gasteiger partial charge in [0, 0.05) is 22.6 Å². The van der Waals surface area contributed by atoms with E-state index in [4.69, 9.17) is 27.0 Å². The highest BCUT2D eigenvalue weighted by molar-refractivity contribution is 6.31. The van der Waals surface area contributed by atoms with E-state index in [2.05, 4.69) is 4.84 Å². The average Bonchev–Trinajstić information content (AvgIpc) is 2.29. The van der Waals surface area contributed by atoms with Crippen molar-refractivity contribution in [3.05, 3.63) is 22.2 Å². The van der Waals surface area contributed by atoms with E-state index < -0.39 is 0 Å². The summed E-state index contributed by atoms with van der Waals surface area (Å²) >= 11 is 6.10. The van der Waals surface area contributed by atoms with Crippen LogP contribution in [-0.4, -0.2) is 20.8 Å². The molecule has 4 nitrogen and oxygen atoms in total. The van der Waals surface area contributed by atoms with Crippen LogP contribution in [0.1, 0.15) is 11.1 Å². The van der Waals surface area contributed by atoms with Gasteiger partial charge in [0.05, 0.1) is 20.8 Å². The quantitative estimate of drug-likeness (QED) is 0.808. The minimum Gasteiger partial charge on any atom is -0.493 e. The van der Waals surface area contributed by atoms with E-state index in [9.17, 15) is 0 Å². The fraction of sp³-hybridized carbons (Fsp3) is 0.455. The molecule has 0 aromatic heterocycles. The van der Waals surface area contributed by atoms with Gasteiger partial charge in [-0.1, -0.05) is 11.6 Å². The number of benzene rings is 1. The van der Waals surface area contributed by atoms with Gasteiger partial charge in [-0.05, 0) is 13.0 Å². The topological polar surface area (TPSA) is 53.7 Å². The Morgan fingerprint density at radius 3 is 2.38 bits per heavy atom. The largest absolute Gasteiger partial charge is 0.493 e. The predicted molar refractivity (Wildman–Crippen MR) is 63.1 cm³/mol. The molecule has 0 saturated heterocycles. The van der Waals surface area contributed by atoms with Crippen LogP contribution in [0.15, 0.2) is 6.07 Å². The summed E-state index contributed by atoms with van der Waals surface area (Å²) in [5, 5.41) is 0.643. The van der Waals surface area contributed by atoms with Crippen LogP contribution in [0, 0.1) is 6.92 Å². The third kappa shape index (κ3) is 2.58. The highest BCUT2D eigenvalue weighted by Crippen LogP contribution is 2.38. The lowest BCUT2D eigenvalue weighted by Gasteiger charge is -2.16. The van der Waals surface area contributed by atoms with Crippen molar-refractivity contribution in [1.29, 1.82) is 0 Å². The van der Waals surface area contributed by atoms with Gasteiger partial charge >= 0.3 is 0 Å². The Morgan fingerprint density at radius 2 is 1.88 bits per heavy atom. The SMILES string of the molecule is COc1c(CCON)cc(Cl)c(C)c1OC. The van der Waals surface area contributed by atoms with E-state index in [1.165, 1.54) is 0 Å². The molecule has 0 amide bonds. The van der Waals surface area contributed by atoms with Gasteiger partial charge in [0.1, 0.15) is 0 Å². The normalized spacial score (nSPS) is 10.3. The van der Waals surface area contributed by atoms with Crippen LogP contribution < -0.4 is 15.4 Å². The molecule has 0 unspecified atom stereocenters. The van der Waals surface area contributed by atoms with Gasteiger partial charge < -0.3 is 14.3 Å². The molecule has 5 heteroatoms. The standard InChI is InChI=1S/C11H16ClNO3/c1-7-9(12)6-8(4-5-16-13)11(15-3)10(7)14-2/h6H,4-5,13H2,1-3H3. The number of ether oxygens (including phenoxy) is 2. The molecule has 0 aliphatic rings. The predicted octanol–water partition coefficient (Wildman–Crippen LogP) is 2.10. The second-order valence-corrected chi connectivity index (χ2v) is 3.74. The first-order valence-electron chi connectivity index (χ1n) is 4.87. The Bertz CT molecular complexity index is 369. The van der Waals surface area contributed by atoms with Crippen LogP contribution in [0.5, 0.6) is 11.5 Å². The second kappa shape index (κ2) is 5.94. The molecule has 1 aromatic carbocycles. The van der Waals surface area contributed by atoms with Crippen molar-refractivity contribution in [1.82, 2.24) is 0 Å². The maximum atomic E-state index is 6.10. The molecular weight excluding hydrogens is 230 g/mol. The van der Waals surface area contributed by atoms with Crippen molar-refractivity contribution in [3.63, 3.8) is 0 Å². The highest BCUT2D eigenvalue weighted by atomic mass is 35.5. The molecule has 2 N–H and O–H groups in total. The summed E-state index contributed by atoms with van der Waals surface area (Å²) < 4.78 is 10.6. The third-order valence-electron chi connectivity index (χ3n) is 2.40. The lowest BCUT2D eigenvalue weighted by molar-refractivity contribution is 0.140. The van der Waals surface area contributed by atoms with Crippen LogP contribution in [0.4, 0.5) is 0 Å². The van der Waals surface area contributed by atoms with Crippen molar-refractivity contribution < 1.29 is 14.3 Å². The molecule has 1 rings (SSSR count). The molecule has 0 aliphatic heterocycles. The number of rotatable bonds is 5. The first-order valence-corrected chi connectivity index (χ1v) is 5.25. The number of halogens is 1. The van der Waals surface area contributed by atoms with Crippen LogP contribution in [0.3, 0.4) is 0 Å². The maximum absolute atomic E-state index is 6.10. The number of hydrogen-bond acceptors (Lipinski definition) is 4. The van der Waals surface area contributed by atoms with E-state index in [1.807, 2.05) is 13.0 Å². The number of nitrogens with two attached hydrogens (primary N) is 1. The Kier molecular flexibility index (Phi) is 4.86. The summed E-state index contributed by atoms with van der Waals surface area (Å²) in [4.78, 5) is 4.55. The first-order chi connectivity index (χ1) is 7.65. The van der Waals surface area contributed by atoms with Gasteiger partial charge in [0.15, 0.2) is 11.5 Å². The minimum absolute atomic E-state index is 0.402. The third-order valence-corrected chi connectivity index (χ3v) is 2.79. The van der Waals surface area contributed by atoms with E-state index >= 15 is 0 Å². The Balaban J connectivity index is 3.20. The van der Waals surface area contributed by atoms with Gasteiger partial charge in [-0.25, -0.2) is 5.90 Å². The molecule has 0 bridgehead atoms. The zero-order chi connectivity index (χ0) is 12.1. The van der Waals surface area contributed by atoms with Crippen molar-refractivity contribution >= 4 is 11.6 Å². The fourth-order valence-electron chi connectivity index (χ4n) is 1.58. The fourth-order valence-corrected chi connectivity index (χ4v) is 1.79. The lowest BCUT2D eigenvalue weighted by Crippen LogP contribution is -2.06. The van der Waals surface area contributed by atoms with Crippen molar-refractivity contribution in [2.24, 2.45) is 5.90 Å². The van der Waals surface area contributed by atoms with Crippen LogP contribution in [-0.2, 0) is 11.3 Å². The van der Waals surface area contributed by atoms with Gasteiger partial charge in [-0.3, -0.25) is 0 Å². The zero-order valence-corrected chi connectivity index (χ0v) is 10.4. The van der Waals surface area contributed by atoms with E-state index in [0.29, 0.717) is 29.5 Å². The number of hydrogen-bond donors (Lipinski definition) is 1. The van der Waals surface area contributed by atoms with Crippen molar-refractivity contribution in [2.45, 2.75) is 13.3 Å². The van der Waals surface area contributed by atoms with Crippen LogP contribution >= 0.6 is 11.6 Å². The summed E-state index contributed by atoms with van der Waals surface area (Å²) in [6.07, 6.45) is 0.621. The number of methoxy groups -OCH3 is 2. The van der Waals surface area contributed by atoms with E-state index in [1.54, 1.807) is 14.2 Å². The summed E-state index contributed by atoms with van der Waals surface area (Å²) in [5.41, 5.74) is 1.78. The Morgan fingerprint density at radius 1 is 1.25 bits per heavy atom. The average molecular weight is 246 g/mol. The molecule has 0 atom stereocenters. The molecule has 16 heavy (non-hydrogen) atoms. The van der Waals surface area contributed by atoms with Crippen LogP contribution in [0.25, 0.3) is 0 Å². The molecule has 0 fully saturated rings. The van der Waals surface area contributed by atoms with E-state index in [0.717, 1.165) is 11.1 Å². The zero-order valence-electron chi connectivity index (χ0n) is 9.67. The van der Waals surface area contributed by atoms with Gasteiger partial charge in [-0.15, -0.1) is 0 Å². The summed E-state index contributed by atoms with van der Waals surface area (Å²) in [6.45, 7) is 2.28. The summed E-state index contributed by atoms with van der Waals surface area (Å²) in [6, 6.07) is 1.84. The summed E-state index contributed by atoms with van der Waals surface area (Å²) in [7, 11) is 3.18. The van der Waals surface area contributed by atoms with Crippen molar-refractivity contribution in [3.8, 4) is 11.5 Å². The van der Waals surface area contributed by atoms with E-state index in [-0.39, 0.29) is 0 Å². The molecular formula is C11H16ClNO3. The second-order valence-electron chi connectivity index (χ2n) is 3.33. The summed E-state index contributed by atoms with van der Waals surface area (Å²) in [5.74, 6) is 6.34. The highest BCUT2D eigenvalue weighted by Gasteiger charge is 2.15. The first kappa shape index (κ1) is 13.1. The molecule has 0 radical (unpaired) electrons. The molecule has 0 heterocycles. The maximum Gasteiger partial charge on any atom is 0.165 e. The molecule has 90 valence electrons. The van der Waals surface area contributed by atoms with Crippen molar-refractivity contribution in [2.75, 3.05) is 20.8 Å². The lowest BCUT2D eigenvalue weighted by atomic mass is 10.1. The van der Waals surface area contributed by atoms with Gasteiger partial charge in [0.2, 0.25) is 0 Å². The van der Waals surface area contributed by atoms with Gasteiger partial charge in [-0.2, -0.15) is 0 Å². The molecule has 1 aromatic rings. The van der Waals surface area contributed by atoms with Crippen LogP contribution in [0.2, 0.25) is 5.02 Å². The molecule has 0 aliphatic carbocycles. The smallest absolute Gasteiger partial charge is 0.165 e. The molecule has 0 saturated carbocycles. The monoisotopic (exact) mass is 245 g/mol. The van der Waals surface area contributed by atoms with Gasteiger partial charge in [0.25, 0.3) is 0 Å². The Hall–Kier alpha value is -0.970. The molecule has 0 spiro atoms. The minimum atomic E-state index is 0.402. The Labute approximate surface area is 100 Å².